The molecule has 24 heavy (non-hydrogen) atoms. The summed E-state index contributed by atoms with van der Waals surface area (Å²) in [5, 5.41) is 3.11. The van der Waals surface area contributed by atoms with Crippen LogP contribution in [0, 0.1) is 11.8 Å². The number of nitrogens with one attached hydrogen (secondary N) is 1. The summed E-state index contributed by atoms with van der Waals surface area (Å²) in [4.78, 5) is 27.8. The lowest BCUT2D eigenvalue weighted by molar-refractivity contribution is -0.145. The lowest BCUT2D eigenvalue weighted by Gasteiger charge is -2.26. The molecular weight excluding hydrogens is 306 g/mol. The number of likely N-dealkylation sites (tertiary alicyclic amines) is 1. The van der Waals surface area contributed by atoms with Crippen LogP contribution in [0.15, 0.2) is 30.3 Å². The third-order valence-electron chi connectivity index (χ3n) is 5.26. The average Bonchev–Trinajstić information content (AvgIpc) is 3.02. The summed E-state index contributed by atoms with van der Waals surface area (Å²) < 4.78 is 5.08. The van der Waals surface area contributed by atoms with Crippen molar-refractivity contribution in [3.8, 4) is 0 Å². The fourth-order valence-electron chi connectivity index (χ4n) is 3.92. The Balaban J connectivity index is 1.21. The van der Waals surface area contributed by atoms with Crippen molar-refractivity contribution in [2.45, 2.75) is 12.6 Å². The van der Waals surface area contributed by atoms with Crippen LogP contribution in [0.1, 0.15) is 5.56 Å². The van der Waals surface area contributed by atoms with Gasteiger partial charge in [0.1, 0.15) is 6.61 Å². The molecule has 0 bridgehead atoms. The molecule has 6 nitrogen and oxygen atoms in total. The van der Waals surface area contributed by atoms with E-state index < -0.39 is 0 Å². The molecule has 2 saturated heterocycles. The number of morpholine rings is 1. The summed E-state index contributed by atoms with van der Waals surface area (Å²) in [6, 6.07) is 10.8. The number of rotatable bonds is 5. The van der Waals surface area contributed by atoms with E-state index in [1.54, 1.807) is 4.90 Å². The minimum Gasteiger partial charge on any atom is -0.370 e. The Hall–Kier alpha value is -1.92. The van der Waals surface area contributed by atoms with E-state index in [4.69, 9.17) is 4.74 Å². The smallest absolute Gasteiger partial charge is 0.249 e. The Morgan fingerprint density at radius 2 is 1.96 bits per heavy atom. The summed E-state index contributed by atoms with van der Waals surface area (Å²) in [7, 11) is 0. The molecule has 0 spiro atoms. The van der Waals surface area contributed by atoms with Crippen molar-refractivity contribution >= 4 is 11.8 Å². The lowest BCUT2D eigenvalue weighted by Crippen LogP contribution is -2.47. The average molecular weight is 329 g/mol. The molecule has 4 rings (SSSR count). The topological polar surface area (TPSA) is 61.9 Å². The summed E-state index contributed by atoms with van der Waals surface area (Å²) in [5.41, 5.74) is 1.34. The van der Waals surface area contributed by atoms with Crippen molar-refractivity contribution in [2.24, 2.45) is 11.8 Å². The van der Waals surface area contributed by atoms with Crippen LogP contribution in [-0.2, 0) is 20.9 Å². The van der Waals surface area contributed by atoms with Crippen LogP contribution in [0.2, 0.25) is 0 Å². The minimum absolute atomic E-state index is 0.0424. The standard InChI is InChI=1S/C18H23N3O3/c22-16(11-21-6-7-24-12-17(21)23)19-18-14-9-20(10-15(14)18)8-13-4-2-1-3-5-13/h1-5,14-15,18H,6-12H2,(H,19,22)/t14-,15+,18?. The molecule has 1 unspecified atom stereocenters. The molecule has 128 valence electrons. The first-order valence-electron chi connectivity index (χ1n) is 8.62. The monoisotopic (exact) mass is 329 g/mol. The second-order valence-corrected chi connectivity index (χ2v) is 6.97. The number of hydrogen-bond acceptors (Lipinski definition) is 4. The van der Waals surface area contributed by atoms with Crippen LogP contribution in [0.3, 0.4) is 0 Å². The van der Waals surface area contributed by atoms with Gasteiger partial charge >= 0.3 is 0 Å². The Kier molecular flexibility index (Phi) is 4.24. The van der Waals surface area contributed by atoms with Gasteiger partial charge in [-0.2, -0.15) is 0 Å². The van der Waals surface area contributed by atoms with Gasteiger partial charge in [-0.05, 0) is 17.4 Å². The maximum absolute atomic E-state index is 12.2. The lowest BCUT2D eigenvalue weighted by atomic mass is 10.2. The van der Waals surface area contributed by atoms with Crippen LogP contribution < -0.4 is 5.32 Å². The van der Waals surface area contributed by atoms with Gasteiger partial charge in [-0.15, -0.1) is 0 Å². The second-order valence-electron chi connectivity index (χ2n) is 6.97. The third kappa shape index (κ3) is 3.30. The van der Waals surface area contributed by atoms with E-state index in [-0.39, 0.29) is 25.0 Å². The van der Waals surface area contributed by atoms with Crippen molar-refractivity contribution < 1.29 is 14.3 Å². The zero-order valence-electron chi connectivity index (χ0n) is 13.7. The molecule has 3 aliphatic rings. The van der Waals surface area contributed by atoms with Crippen molar-refractivity contribution in [3.63, 3.8) is 0 Å². The van der Waals surface area contributed by atoms with Crippen molar-refractivity contribution in [3.05, 3.63) is 35.9 Å². The predicted octanol–water partition coefficient (Wildman–Crippen LogP) is 0.0918. The van der Waals surface area contributed by atoms with Crippen molar-refractivity contribution in [2.75, 3.05) is 39.4 Å². The zero-order valence-corrected chi connectivity index (χ0v) is 13.7. The van der Waals surface area contributed by atoms with Crippen LogP contribution in [0.5, 0.6) is 0 Å². The number of carbonyl (C=O) groups is 2. The predicted molar refractivity (Wildman–Crippen MR) is 88.0 cm³/mol. The molecule has 1 aromatic rings. The molecule has 3 atom stereocenters. The van der Waals surface area contributed by atoms with Gasteiger partial charge in [-0.1, -0.05) is 30.3 Å². The maximum atomic E-state index is 12.2. The third-order valence-corrected chi connectivity index (χ3v) is 5.26. The van der Waals surface area contributed by atoms with Gasteiger partial charge in [0, 0.05) is 32.2 Å². The molecule has 1 aliphatic carbocycles. The van der Waals surface area contributed by atoms with Crippen molar-refractivity contribution in [1.82, 2.24) is 15.1 Å². The second kappa shape index (κ2) is 6.53. The van der Waals surface area contributed by atoms with Gasteiger partial charge in [-0.3, -0.25) is 14.5 Å². The highest BCUT2D eigenvalue weighted by atomic mass is 16.5. The normalized spacial score (nSPS) is 29.4. The fourth-order valence-corrected chi connectivity index (χ4v) is 3.92. The fraction of sp³-hybridized carbons (Fsp3) is 0.556. The number of piperidine rings is 1. The van der Waals surface area contributed by atoms with E-state index in [0.717, 1.165) is 19.6 Å². The molecule has 1 N–H and O–H groups in total. The number of ether oxygens (including phenoxy) is 1. The molecule has 6 heteroatoms. The van der Waals surface area contributed by atoms with Gasteiger partial charge < -0.3 is 15.0 Å². The molecule has 2 amide bonds. The highest BCUT2D eigenvalue weighted by Gasteiger charge is 2.56. The molecule has 2 heterocycles. The molecule has 0 radical (unpaired) electrons. The Bertz CT molecular complexity index is 609. The van der Waals surface area contributed by atoms with E-state index in [2.05, 4.69) is 34.5 Å². The summed E-state index contributed by atoms with van der Waals surface area (Å²) in [6.07, 6.45) is 0. The van der Waals surface area contributed by atoms with Gasteiger partial charge in [0.05, 0.1) is 13.2 Å². The largest absolute Gasteiger partial charge is 0.370 e. The first kappa shape index (κ1) is 15.6. The van der Waals surface area contributed by atoms with Gasteiger partial charge in [0.25, 0.3) is 0 Å². The molecule has 0 aromatic heterocycles. The van der Waals surface area contributed by atoms with E-state index >= 15 is 0 Å². The van der Waals surface area contributed by atoms with Crippen LogP contribution in [-0.4, -0.2) is 67.0 Å². The van der Waals surface area contributed by atoms with Gasteiger partial charge in [0.2, 0.25) is 11.8 Å². The van der Waals surface area contributed by atoms with E-state index in [0.29, 0.717) is 31.0 Å². The number of nitrogens with zero attached hydrogens (tertiary/aromatic N) is 2. The van der Waals surface area contributed by atoms with Crippen LogP contribution in [0.25, 0.3) is 0 Å². The molecular formula is C18H23N3O3. The molecule has 1 saturated carbocycles. The number of carbonyl (C=O) groups excluding carboxylic acids is 2. The molecule has 2 aliphatic heterocycles. The number of amides is 2. The Morgan fingerprint density at radius 1 is 1.21 bits per heavy atom. The summed E-state index contributed by atoms with van der Waals surface area (Å²) >= 11 is 0. The quantitative estimate of drug-likeness (QED) is 0.832. The molecule has 1 aromatic carbocycles. The number of fused-ring (bicyclic) bond motifs is 1. The van der Waals surface area contributed by atoms with Crippen LogP contribution in [0.4, 0.5) is 0 Å². The highest BCUT2D eigenvalue weighted by molar-refractivity contribution is 5.86. The van der Waals surface area contributed by atoms with E-state index in [9.17, 15) is 9.59 Å². The van der Waals surface area contributed by atoms with Crippen molar-refractivity contribution in [1.29, 1.82) is 0 Å². The summed E-state index contributed by atoms with van der Waals surface area (Å²) in [5.74, 6) is 0.997. The van der Waals surface area contributed by atoms with Crippen LogP contribution >= 0.6 is 0 Å². The van der Waals surface area contributed by atoms with Gasteiger partial charge in [-0.25, -0.2) is 0 Å². The minimum atomic E-state index is -0.0959. The Labute approximate surface area is 141 Å². The summed E-state index contributed by atoms with van der Waals surface area (Å²) in [6.45, 7) is 4.35. The highest BCUT2D eigenvalue weighted by Crippen LogP contribution is 2.45. The Morgan fingerprint density at radius 3 is 2.67 bits per heavy atom. The van der Waals surface area contributed by atoms with E-state index in [1.807, 2.05) is 6.07 Å². The van der Waals surface area contributed by atoms with E-state index in [1.165, 1.54) is 5.56 Å². The maximum Gasteiger partial charge on any atom is 0.249 e. The molecule has 3 fully saturated rings. The number of hydrogen-bond donors (Lipinski definition) is 1. The first-order valence-corrected chi connectivity index (χ1v) is 8.62. The van der Waals surface area contributed by atoms with Gasteiger partial charge in [0.15, 0.2) is 0 Å². The zero-order chi connectivity index (χ0) is 16.5. The first-order chi connectivity index (χ1) is 11.7. The number of benzene rings is 1. The SMILES string of the molecule is O=C(CN1CCOCC1=O)NC1[C@H]2CN(Cc3ccccc3)C[C@@H]12.